The van der Waals surface area contributed by atoms with E-state index >= 15 is 0 Å². The molecule has 164 valence electrons. The van der Waals surface area contributed by atoms with Gasteiger partial charge in [-0.1, -0.05) is 29.8 Å². The van der Waals surface area contributed by atoms with Crippen molar-refractivity contribution in [1.29, 1.82) is 0 Å². The van der Waals surface area contributed by atoms with E-state index in [-0.39, 0.29) is 12.4 Å². The monoisotopic (exact) mass is 457 g/mol. The molecule has 3 aromatic carbocycles. The van der Waals surface area contributed by atoms with Gasteiger partial charge in [-0.25, -0.2) is 9.97 Å². The Morgan fingerprint density at radius 3 is 2.58 bits per heavy atom. The van der Waals surface area contributed by atoms with E-state index in [0.29, 0.717) is 22.3 Å². The van der Waals surface area contributed by atoms with Crippen LogP contribution < -0.4 is 9.47 Å². The van der Waals surface area contributed by atoms with Crippen LogP contribution in [0.3, 0.4) is 0 Å². The summed E-state index contributed by atoms with van der Waals surface area (Å²) in [5.74, 6) is 1.59. The highest BCUT2D eigenvalue weighted by Gasteiger charge is 2.21. The second kappa shape index (κ2) is 8.56. The fraction of sp³-hybridized carbons (Fsp3) is 0.115. The number of methoxy groups -OCH3 is 1. The van der Waals surface area contributed by atoms with Crippen LogP contribution in [0.5, 0.6) is 11.5 Å². The number of ether oxygens (including phenoxy) is 2. The summed E-state index contributed by atoms with van der Waals surface area (Å²) in [5, 5.41) is 2.36. The van der Waals surface area contributed by atoms with Gasteiger partial charge in [0.1, 0.15) is 23.6 Å². The van der Waals surface area contributed by atoms with Gasteiger partial charge >= 0.3 is 5.97 Å². The van der Waals surface area contributed by atoms with Crippen molar-refractivity contribution in [2.75, 3.05) is 7.11 Å². The topological polar surface area (TPSA) is 66.2 Å². The lowest BCUT2D eigenvalue weighted by Crippen LogP contribution is -2.12. The van der Waals surface area contributed by atoms with Gasteiger partial charge in [-0.05, 0) is 61.0 Å². The molecule has 0 bridgehead atoms. The lowest BCUT2D eigenvalue weighted by Gasteiger charge is -2.11. The molecule has 7 heteroatoms. The number of benzene rings is 3. The second-order valence-corrected chi connectivity index (χ2v) is 8.04. The van der Waals surface area contributed by atoms with Crippen molar-refractivity contribution in [3.63, 3.8) is 0 Å². The molecule has 2 aromatic heterocycles. The van der Waals surface area contributed by atoms with Crippen LogP contribution in [0, 0.1) is 6.92 Å². The van der Waals surface area contributed by atoms with Crippen LogP contribution in [0.25, 0.3) is 27.6 Å². The largest absolute Gasteiger partial charge is 0.497 e. The Labute approximate surface area is 195 Å². The molecule has 5 aromatic rings. The summed E-state index contributed by atoms with van der Waals surface area (Å²) >= 11 is 6.17. The first-order valence-electron chi connectivity index (χ1n) is 10.4. The molecule has 0 amide bonds. The standard InChI is InChI=1S/C26H20ClN3O3/c1-16-21(14-25(31)33-18-6-4-3-5-7-18)22-13-19(32-2)9-11-24(22)30(16)26-20-10-8-17(27)12-23(20)28-15-29-26/h3-13,15H,14H2,1-2H3. The van der Waals surface area contributed by atoms with Gasteiger partial charge in [-0.2, -0.15) is 0 Å². The first-order chi connectivity index (χ1) is 16.0. The summed E-state index contributed by atoms with van der Waals surface area (Å²) in [6, 6.07) is 20.4. The molecule has 33 heavy (non-hydrogen) atoms. The van der Waals surface area contributed by atoms with Crippen molar-refractivity contribution >= 4 is 39.4 Å². The van der Waals surface area contributed by atoms with E-state index in [1.807, 2.05) is 66.1 Å². The molecule has 0 aliphatic heterocycles. The van der Waals surface area contributed by atoms with Crippen LogP contribution in [0.1, 0.15) is 11.3 Å². The minimum absolute atomic E-state index is 0.103. The Hall–Kier alpha value is -3.90. The van der Waals surface area contributed by atoms with Gasteiger partial charge in [0.2, 0.25) is 0 Å². The van der Waals surface area contributed by atoms with Crippen molar-refractivity contribution in [1.82, 2.24) is 14.5 Å². The van der Waals surface area contributed by atoms with Gasteiger partial charge in [-0.3, -0.25) is 9.36 Å². The van der Waals surface area contributed by atoms with Gasteiger partial charge in [0, 0.05) is 21.5 Å². The minimum atomic E-state index is -0.342. The zero-order valence-corrected chi connectivity index (χ0v) is 18.8. The summed E-state index contributed by atoms with van der Waals surface area (Å²) in [4.78, 5) is 21.8. The van der Waals surface area contributed by atoms with E-state index in [1.165, 1.54) is 6.33 Å². The Morgan fingerprint density at radius 1 is 0.970 bits per heavy atom. The third-order valence-corrected chi connectivity index (χ3v) is 5.86. The Bertz CT molecular complexity index is 1500. The number of para-hydroxylation sites is 1. The molecular formula is C26H20ClN3O3. The Morgan fingerprint density at radius 2 is 1.79 bits per heavy atom. The van der Waals surface area contributed by atoms with Crippen LogP contribution >= 0.6 is 11.6 Å². The van der Waals surface area contributed by atoms with Crippen LogP contribution in [-0.4, -0.2) is 27.6 Å². The number of aromatic nitrogens is 3. The van der Waals surface area contributed by atoms with E-state index in [9.17, 15) is 4.79 Å². The molecule has 0 aliphatic rings. The molecule has 0 saturated heterocycles. The maximum absolute atomic E-state index is 12.8. The lowest BCUT2D eigenvalue weighted by molar-refractivity contribution is -0.133. The first-order valence-corrected chi connectivity index (χ1v) is 10.8. The SMILES string of the molecule is COc1ccc2c(c1)c(CC(=O)Oc1ccccc1)c(C)n2-c1ncnc2cc(Cl)ccc12. The fourth-order valence-electron chi connectivity index (χ4n) is 4.08. The predicted molar refractivity (Wildman–Crippen MR) is 128 cm³/mol. The lowest BCUT2D eigenvalue weighted by atomic mass is 10.1. The summed E-state index contributed by atoms with van der Waals surface area (Å²) in [6.45, 7) is 1.97. The predicted octanol–water partition coefficient (Wildman–Crippen LogP) is 5.69. The quantitative estimate of drug-likeness (QED) is 0.250. The molecule has 0 spiro atoms. The van der Waals surface area contributed by atoms with Gasteiger partial charge < -0.3 is 9.47 Å². The molecule has 5 rings (SSSR count). The molecule has 2 heterocycles. The third kappa shape index (κ3) is 3.90. The maximum atomic E-state index is 12.8. The molecule has 0 aliphatic carbocycles. The summed E-state index contributed by atoms with van der Waals surface area (Å²) in [5.41, 5.74) is 3.39. The highest BCUT2D eigenvalue weighted by atomic mass is 35.5. The second-order valence-electron chi connectivity index (χ2n) is 7.61. The summed E-state index contributed by atoms with van der Waals surface area (Å²) in [7, 11) is 1.62. The maximum Gasteiger partial charge on any atom is 0.315 e. The van der Waals surface area contributed by atoms with Crippen molar-refractivity contribution in [3.05, 3.63) is 89.3 Å². The molecule has 0 atom stereocenters. The van der Waals surface area contributed by atoms with E-state index in [4.69, 9.17) is 21.1 Å². The van der Waals surface area contributed by atoms with E-state index in [1.54, 1.807) is 19.2 Å². The Kier molecular flexibility index (Phi) is 5.44. The van der Waals surface area contributed by atoms with Crippen LogP contribution in [0.2, 0.25) is 5.02 Å². The van der Waals surface area contributed by atoms with Gasteiger partial charge in [0.05, 0.1) is 24.6 Å². The smallest absolute Gasteiger partial charge is 0.315 e. The van der Waals surface area contributed by atoms with E-state index in [0.717, 1.165) is 33.1 Å². The molecule has 0 radical (unpaired) electrons. The number of rotatable bonds is 5. The fourth-order valence-corrected chi connectivity index (χ4v) is 4.25. The van der Waals surface area contributed by atoms with E-state index in [2.05, 4.69) is 9.97 Å². The average Bonchev–Trinajstić information content (AvgIpc) is 3.09. The zero-order chi connectivity index (χ0) is 22.9. The van der Waals surface area contributed by atoms with Crippen molar-refractivity contribution in [2.24, 2.45) is 0 Å². The average molecular weight is 458 g/mol. The minimum Gasteiger partial charge on any atom is -0.497 e. The molecule has 0 saturated carbocycles. The number of halogens is 1. The van der Waals surface area contributed by atoms with Gasteiger partial charge in [0.25, 0.3) is 0 Å². The first kappa shape index (κ1) is 21.0. The van der Waals surface area contributed by atoms with Crippen LogP contribution in [-0.2, 0) is 11.2 Å². The highest BCUT2D eigenvalue weighted by molar-refractivity contribution is 6.31. The third-order valence-electron chi connectivity index (χ3n) is 5.63. The van der Waals surface area contributed by atoms with Crippen molar-refractivity contribution < 1.29 is 14.3 Å². The Balaban J connectivity index is 1.67. The summed E-state index contributed by atoms with van der Waals surface area (Å²) < 4.78 is 13.0. The van der Waals surface area contributed by atoms with Gasteiger partial charge in [0.15, 0.2) is 0 Å². The number of carbonyl (C=O) groups excluding carboxylic acids is 1. The highest BCUT2D eigenvalue weighted by Crippen LogP contribution is 2.34. The number of esters is 1. The number of carbonyl (C=O) groups is 1. The summed E-state index contributed by atoms with van der Waals surface area (Å²) in [6.07, 6.45) is 1.62. The number of nitrogens with zero attached hydrogens (tertiary/aromatic N) is 3. The molecular weight excluding hydrogens is 438 g/mol. The molecule has 0 fully saturated rings. The molecule has 0 N–H and O–H groups in total. The van der Waals surface area contributed by atoms with E-state index < -0.39 is 0 Å². The zero-order valence-electron chi connectivity index (χ0n) is 18.1. The number of fused-ring (bicyclic) bond motifs is 2. The van der Waals surface area contributed by atoms with Crippen molar-refractivity contribution in [2.45, 2.75) is 13.3 Å². The van der Waals surface area contributed by atoms with Crippen molar-refractivity contribution in [3.8, 4) is 17.3 Å². The van der Waals surface area contributed by atoms with Crippen LogP contribution in [0.15, 0.2) is 73.1 Å². The number of hydrogen-bond donors (Lipinski definition) is 0. The molecule has 6 nitrogen and oxygen atoms in total. The number of hydrogen-bond acceptors (Lipinski definition) is 5. The molecule has 0 unspecified atom stereocenters. The van der Waals surface area contributed by atoms with Crippen LogP contribution in [0.4, 0.5) is 0 Å². The van der Waals surface area contributed by atoms with Gasteiger partial charge in [-0.15, -0.1) is 0 Å². The normalized spacial score (nSPS) is 11.1.